The summed E-state index contributed by atoms with van der Waals surface area (Å²) in [7, 11) is 1.90. The van der Waals surface area contributed by atoms with E-state index in [1.165, 1.54) is 22.3 Å². The van der Waals surface area contributed by atoms with Gasteiger partial charge in [0.1, 0.15) is 5.54 Å². The Morgan fingerprint density at radius 1 is 1.36 bits per heavy atom. The van der Waals surface area contributed by atoms with Crippen molar-refractivity contribution in [3.05, 3.63) is 65.8 Å². The summed E-state index contributed by atoms with van der Waals surface area (Å²) in [5, 5.41) is 3.66. The zero-order valence-electron chi connectivity index (χ0n) is 15.5. The number of nitrogens with zero attached hydrogens (tertiary/aromatic N) is 1. The van der Waals surface area contributed by atoms with Crippen LogP contribution in [0.4, 0.5) is 0 Å². The Balaban J connectivity index is 1.85. The van der Waals surface area contributed by atoms with E-state index in [1.54, 1.807) is 0 Å². The maximum atomic E-state index is 12.5. The minimum Gasteiger partial charge on any atom is -0.344 e. The zero-order valence-corrected chi connectivity index (χ0v) is 15.5. The summed E-state index contributed by atoms with van der Waals surface area (Å²) in [5.74, 6) is 0.253. The average molecular weight is 336 g/mol. The molecule has 2 aliphatic rings. The van der Waals surface area contributed by atoms with Crippen molar-refractivity contribution in [2.75, 3.05) is 13.6 Å². The van der Waals surface area contributed by atoms with Crippen molar-refractivity contribution in [3.63, 3.8) is 0 Å². The number of benzene rings is 1. The molecule has 1 aromatic rings. The van der Waals surface area contributed by atoms with Crippen molar-refractivity contribution in [2.45, 2.75) is 44.7 Å². The number of nitrogens with one attached hydrogen (secondary N) is 1. The largest absolute Gasteiger partial charge is 0.344 e. The van der Waals surface area contributed by atoms with E-state index in [-0.39, 0.29) is 17.5 Å². The second-order valence-electron chi connectivity index (χ2n) is 7.50. The molecule has 2 saturated heterocycles. The van der Waals surface area contributed by atoms with E-state index < -0.39 is 0 Å². The first-order valence-electron chi connectivity index (χ1n) is 9.06. The van der Waals surface area contributed by atoms with Gasteiger partial charge in [0.2, 0.25) is 5.91 Å². The highest BCUT2D eigenvalue weighted by Crippen LogP contribution is 2.39. The van der Waals surface area contributed by atoms with Gasteiger partial charge < -0.3 is 4.90 Å². The first kappa shape index (κ1) is 17.7. The van der Waals surface area contributed by atoms with E-state index in [2.05, 4.69) is 56.1 Å². The predicted octanol–water partition coefficient (Wildman–Crippen LogP) is 4.25. The number of likely N-dealkylation sites (N-methyl/N-ethyl adjacent to an activating group) is 1. The van der Waals surface area contributed by atoms with Crippen LogP contribution >= 0.6 is 0 Å². The lowest BCUT2D eigenvalue weighted by Gasteiger charge is -2.23. The maximum Gasteiger partial charge on any atom is 0.242 e. The van der Waals surface area contributed by atoms with Gasteiger partial charge in [-0.3, -0.25) is 10.1 Å². The van der Waals surface area contributed by atoms with Crippen LogP contribution in [0, 0.1) is 0 Å². The van der Waals surface area contributed by atoms with Gasteiger partial charge in [0.15, 0.2) is 0 Å². The normalized spacial score (nSPS) is 26.4. The molecular formula is C22H28N2O. The smallest absolute Gasteiger partial charge is 0.242 e. The molecule has 3 nitrogen and oxygen atoms in total. The third kappa shape index (κ3) is 3.47. The molecule has 1 aromatic carbocycles. The molecule has 25 heavy (non-hydrogen) atoms. The zero-order chi connectivity index (χ0) is 18.0. The molecule has 2 aliphatic heterocycles. The van der Waals surface area contributed by atoms with E-state index in [1.807, 2.05) is 24.1 Å². The van der Waals surface area contributed by atoms with Crippen LogP contribution in [0.3, 0.4) is 0 Å². The summed E-state index contributed by atoms with van der Waals surface area (Å²) in [6.07, 6.45) is 8.90. The fourth-order valence-electron chi connectivity index (χ4n) is 4.02. The molecule has 0 aromatic heterocycles. The van der Waals surface area contributed by atoms with Crippen LogP contribution in [-0.2, 0) is 4.79 Å². The number of rotatable bonds is 4. The van der Waals surface area contributed by atoms with Crippen molar-refractivity contribution in [2.24, 2.45) is 0 Å². The van der Waals surface area contributed by atoms with Gasteiger partial charge in [-0.2, -0.15) is 0 Å². The van der Waals surface area contributed by atoms with Crippen LogP contribution in [-0.4, -0.2) is 29.9 Å². The van der Waals surface area contributed by atoms with Crippen molar-refractivity contribution in [3.8, 4) is 0 Å². The molecule has 2 heterocycles. The Morgan fingerprint density at radius 3 is 2.80 bits per heavy atom. The molecule has 3 heteroatoms. The molecule has 3 rings (SSSR count). The van der Waals surface area contributed by atoms with Gasteiger partial charge in [0.25, 0.3) is 0 Å². The molecule has 0 saturated carbocycles. The molecule has 0 radical (unpaired) electrons. The van der Waals surface area contributed by atoms with Gasteiger partial charge >= 0.3 is 0 Å². The van der Waals surface area contributed by atoms with Crippen LogP contribution in [0.15, 0.2) is 54.6 Å². The number of hydrogen-bond donors (Lipinski definition) is 1. The molecule has 0 unspecified atom stereocenters. The second kappa shape index (κ2) is 7.01. The van der Waals surface area contributed by atoms with E-state index >= 15 is 0 Å². The molecular weight excluding hydrogens is 308 g/mol. The number of likely N-dealkylation sites (tertiary alicyclic amines) is 1. The fraction of sp³-hybridized carbons (Fsp3) is 0.409. The number of allylic oxidation sites excluding steroid dienone is 5. The first-order chi connectivity index (χ1) is 11.9. The lowest BCUT2D eigenvalue weighted by Crippen LogP contribution is -2.47. The number of carbonyl (C=O) groups is 1. The molecule has 0 aliphatic carbocycles. The molecule has 132 valence electrons. The van der Waals surface area contributed by atoms with Gasteiger partial charge in [0.05, 0.1) is 0 Å². The Morgan fingerprint density at radius 2 is 2.16 bits per heavy atom. The van der Waals surface area contributed by atoms with Gasteiger partial charge in [-0.15, -0.1) is 0 Å². The summed E-state index contributed by atoms with van der Waals surface area (Å²) >= 11 is 0. The quantitative estimate of drug-likeness (QED) is 0.834. The summed E-state index contributed by atoms with van der Waals surface area (Å²) < 4.78 is 0. The summed E-state index contributed by atoms with van der Waals surface area (Å²) in [6, 6.07) is 8.89. The van der Waals surface area contributed by atoms with Crippen molar-refractivity contribution >= 4 is 11.5 Å². The molecule has 1 N–H and O–H groups in total. The third-order valence-corrected chi connectivity index (χ3v) is 5.30. The molecule has 0 bridgehead atoms. The van der Waals surface area contributed by atoms with E-state index in [4.69, 9.17) is 0 Å². The van der Waals surface area contributed by atoms with Crippen LogP contribution in [0.5, 0.6) is 0 Å². The Hall–Kier alpha value is -2.13. The minimum atomic E-state index is -0.338. The lowest BCUT2D eigenvalue weighted by atomic mass is 9.95. The predicted molar refractivity (Wildman–Crippen MR) is 104 cm³/mol. The summed E-state index contributed by atoms with van der Waals surface area (Å²) in [5.41, 5.74) is 4.54. The standard InChI is InChI=1S/C22H28N2O/c1-5-7-17(14-16(2)3)18-8-6-9-19(15-18)20-10-11-22(23-20)12-13-24(4)21(22)25/h5-9,14-15,20,23H,1,10-13H2,2-4H3/b17-7+/t20-,22-/m1/s1. The van der Waals surface area contributed by atoms with Gasteiger partial charge in [0, 0.05) is 19.6 Å². The summed E-state index contributed by atoms with van der Waals surface area (Å²) in [4.78, 5) is 14.4. The van der Waals surface area contributed by atoms with Crippen molar-refractivity contribution in [1.82, 2.24) is 10.2 Å². The average Bonchev–Trinajstić information content (AvgIpc) is 3.15. The number of hydrogen-bond acceptors (Lipinski definition) is 2. The topological polar surface area (TPSA) is 32.3 Å². The van der Waals surface area contributed by atoms with Gasteiger partial charge in [-0.05, 0) is 55.9 Å². The number of amides is 1. The minimum absolute atomic E-state index is 0.243. The second-order valence-corrected chi connectivity index (χ2v) is 7.50. The van der Waals surface area contributed by atoms with Crippen LogP contribution in [0.25, 0.3) is 5.57 Å². The molecule has 1 spiro atoms. The van der Waals surface area contributed by atoms with Gasteiger partial charge in [-0.25, -0.2) is 0 Å². The monoisotopic (exact) mass is 336 g/mol. The highest BCUT2D eigenvalue weighted by molar-refractivity contribution is 5.88. The fourth-order valence-corrected chi connectivity index (χ4v) is 4.02. The highest BCUT2D eigenvalue weighted by atomic mass is 16.2. The van der Waals surface area contributed by atoms with Crippen LogP contribution < -0.4 is 5.32 Å². The van der Waals surface area contributed by atoms with Crippen molar-refractivity contribution in [1.29, 1.82) is 0 Å². The Bertz CT molecular complexity index is 742. The van der Waals surface area contributed by atoms with Gasteiger partial charge in [-0.1, -0.05) is 48.6 Å². The Labute approximate surface area is 151 Å². The third-order valence-electron chi connectivity index (χ3n) is 5.30. The van der Waals surface area contributed by atoms with E-state index in [9.17, 15) is 4.79 Å². The molecule has 2 fully saturated rings. The maximum absolute atomic E-state index is 12.5. The summed E-state index contributed by atoms with van der Waals surface area (Å²) in [6.45, 7) is 8.89. The Kier molecular flexibility index (Phi) is 4.96. The van der Waals surface area contributed by atoms with E-state index in [0.29, 0.717) is 0 Å². The van der Waals surface area contributed by atoms with Crippen molar-refractivity contribution < 1.29 is 4.79 Å². The van der Waals surface area contributed by atoms with Crippen LogP contribution in [0.2, 0.25) is 0 Å². The number of carbonyl (C=O) groups excluding carboxylic acids is 1. The lowest BCUT2D eigenvalue weighted by molar-refractivity contribution is -0.131. The SMILES string of the molecule is C=C/C=C(\C=C(C)C)c1cccc([C@H]2CC[C@]3(CCN(C)C3=O)N2)c1. The van der Waals surface area contributed by atoms with E-state index in [0.717, 1.165) is 25.8 Å². The first-order valence-corrected chi connectivity index (χ1v) is 9.06. The highest BCUT2D eigenvalue weighted by Gasteiger charge is 2.49. The molecule has 1 amide bonds. The molecule has 2 atom stereocenters. The van der Waals surface area contributed by atoms with Crippen LogP contribution in [0.1, 0.15) is 50.3 Å².